The molecule has 0 aromatic rings. The van der Waals surface area contributed by atoms with Gasteiger partial charge in [-0.15, -0.1) is 0 Å². The second kappa shape index (κ2) is 7.59. The highest BCUT2D eigenvalue weighted by atomic mass is 16.2. The van der Waals surface area contributed by atoms with Gasteiger partial charge in [-0.2, -0.15) is 0 Å². The van der Waals surface area contributed by atoms with Gasteiger partial charge in [0.1, 0.15) is 0 Å². The largest absolute Gasteiger partial charge is 0.343 e. The summed E-state index contributed by atoms with van der Waals surface area (Å²) in [5.74, 6) is 1.87. The summed E-state index contributed by atoms with van der Waals surface area (Å²) in [6, 6.07) is 0. The predicted molar refractivity (Wildman–Crippen MR) is 85.2 cm³/mol. The summed E-state index contributed by atoms with van der Waals surface area (Å²) >= 11 is 0. The molecule has 4 nitrogen and oxygen atoms in total. The topological polar surface area (TPSA) is 35.6 Å². The lowest BCUT2D eigenvalue weighted by Crippen LogP contribution is -2.42. The van der Waals surface area contributed by atoms with Crippen LogP contribution in [0.4, 0.5) is 0 Å². The van der Waals surface area contributed by atoms with E-state index in [1.54, 1.807) is 0 Å². The zero-order valence-electron chi connectivity index (χ0n) is 13.4. The number of hydrogen-bond donors (Lipinski definition) is 1. The van der Waals surface area contributed by atoms with Crippen LogP contribution in [-0.4, -0.2) is 61.5 Å². The first-order valence-corrected chi connectivity index (χ1v) is 9.02. The molecule has 0 aromatic carbocycles. The summed E-state index contributed by atoms with van der Waals surface area (Å²) in [5, 5.41) is 3.38. The van der Waals surface area contributed by atoms with Crippen LogP contribution in [0, 0.1) is 11.8 Å². The Morgan fingerprint density at radius 1 is 0.905 bits per heavy atom. The van der Waals surface area contributed by atoms with Crippen LogP contribution in [0.3, 0.4) is 0 Å². The molecule has 0 saturated carbocycles. The Kier molecular flexibility index (Phi) is 5.53. The van der Waals surface area contributed by atoms with Crippen molar-refractivity contribution in [3.63, 3.8) is 0 Å². The van der Waals surface area contributed by atoms with Crippen molar-refractivity contribution in [1.82, 2.24) is 15.1 Å². The van der Waals surface area contributed by atoms with E-state index in [-0.39, 0.29) is 0 Å². The molecule has 120 valence electrons. The number of carbonyl (C=O) groups excluding carboxylic acids is 1. The molecule has 0 spiro atoms. The van der Waals surface area contributed by atoms with Crippen LogP contribution >= 0.6 is 0 Å². The summed E-state index contributed by atoms with van der Waals surface area (Å²) < 4.78 is 0. The number of piperidine rings is 2. The Morgan fingerprint density at radius 2 is 1.57 bits per heavy atom. The van der Waals surface area contributed by atoms with Crippen molar-refractivity contribution in [2.24, 2.45) is 11.8 Å². The van der Waals surface area contributed by atoms with Crippen LogP contribution in [0.5, 0.6) is 0 Å². The highest BCUT2D eigenvalue weighted by molar-refractivity contribution is 5.76. The molecule has 3 aliphatic rings. The maximum Gasteiger partial charge on any atom is 0.222 e. The minimum atomic E-state index is 0.418. The van der Waals surface area contributed by atoms with E-state index in [2.05, 4.69) is 15.1 Å². The highest BCUT2D eigenvalue weighted by Gasteiger charge is 2.26. The van der Waals surface area contributed by atoms with Crippen molar-refractivity contribution in [2.75, 3.05) is 45.8 Å². The zero-order valence-corrected chi connectivity index (χ0v) is 13.4. The van der Waals surface area contributed by atoms with Crippen LogP contribution in [0.2, 0.25) is 0 Å². The standard InChI is InChI=1S/C17H31N3O/c21-17(13-15-3-7-18-8-4-15)20-11-5-16(6-12-20)14-19-9-1-2-10-19/h15-16,18H,1-14H2. The smallest absolute Gasteiger partial charge is 0.222 e. The number of nitrogens with zero attached hydrogens (tertiary/aromatic N) is 2. The number of nitrogens with one attached hydrogen (secondary N) is 1. The molecule has 1 N–H and O–H groups in total. The molecule has 0 atom stereocenters. The van der Waals surface area contributed by atoms with Crippen molar-refractivity contribution >= 4 is 5.91 Å². The van der Waals surface area contributed by atoms with Crippen LogP contribution in [-0.2, 0) is 4.79 Å². The molecular formula is C17H31N3O. The molecule has 21 heavy (non-hydrogen) atoms. The van der Waals surface area contributed by atoms with Gasteiger partial charge in [-0.3, -0.25) is 4.79 Å². The molecule has 3 aliphatic heterocycles. The maximum absolute atomic E-state index is 12.4. The Hall–Kier alpha value is -0.610. The second-order valence-electron chi connectivity index (χ2n) is 7.23. The first-order chi connectivity index (χ1) is 10.3. The lowest BCUT2D eigenvalue weighted by Gasteiger charge is -2.35. The summed E-state index contributed by atoms with van der Waals surface area (Å²) in [6.07, 6.45) is 8.34. The molecule has 3 heterocycles. The fraction of sp³-hybridized carbons (Fsp3) is 0.941. The van der Waals surface area contributed by atoms with E-state index in [4.69, 9.17) is 0 Å². The van der Waals surface area contributed by atoms with E-state index in [1.807, 2.05) is 0 Å². The summed E-state index contributed by atoms with van der Waals surface area (Å²) in [5.41, 5.74) is 0. The van der Waals surface area contributed by atoms with E-state index >= 15 is 0 Å². The number of likely N-dealkylation sites (tertiary alicyclic amines) is 2. The van der Waals surface area contributed by atoms with Gasteiger partial charge in [0.15, 0.2) is 0 Å². The van der Waals surface area contributed by atoms with Gasteiger partial charge < -0.3 is 15.1 Å². The molecule has 0 aromatic heterocycles. The summed E-state index contributed by atoms with van der Waals surface area (Å²) in [6.45, 7) is 8.07. The third-order valence-electron chi connectivity index (χ3n) is 5.60. The van der Waals surface area contributed by atoms with Crippen LogP contribution in [0.25, 0.3) is 0 Å². The summed E-state index contributed by atoms with van der Waals surface area (Å²) in [4.78, 5) is 17.2. The molecule has 1 amide bonds. The average molecular weight is 293 g/mol. The van der Waals surface area contributed by atoms with E-state index in [1.165, 1.54) is 58.2 Å². The molecule has 3 rings (SSSR count). The lowest BCUT2D eigenvalue weighted by molar-refractivity contribution is -0.133. The van der Waals surface area contributed by atoms with Crippen molar-refractivity contribution in [2.45, 2.75) is 44.9 Å². The molecule has 0 aliphatic carbocycles. The molecule has 0 bridgehead atoms. The number of carbonyl (C=O) groups is 1. The molecule has 3 saturated heterocycles. The van der Waals surface area contributed by atoms with Gasteiger partial charge >= 0.3 is 0 Å². The SMILES string of the molecule is O=C(CC1CCNCC1)N1CCC(CN2CCCC2)CC1. The first-order valence-electron chi connectivity index (χ1n) is 9.02. The quantitative estimate of drug-likeness (QED) is 0.857. The highest BCUT2D eigenvalue weighted by Crippen LogP contribution is 2.23. The van der Waals surface area contributed by atoms with Gasteiger partial charge in [0, 0.05) is 26.1 Å². The Labute approximate surface area is 129 Å². The lowest BCUT2D eigenvalue weighted by atomic mass is 9.92. The van der Waals surface area contributed by atoms with Gasteiger partial charge in [-0.25, -0.2) is 0 Å². The minimum absolute atomic E-state index is 0.418. The predicted octanol–water partition coefficient (Wildman–Crippen LogP) is 1.71. The van der Waals surface area contributed by atoms with E-state index in [0.29, 0.717) is 11.8 Å². The van der Waals surface area contributed by atoms with E-state index < -0.39 is 0 Å². The van der Waals surface area contributed by atoms with Crippen molar-refractivity contribution in [3.05, 3.63) is 0 Å². The molecule has 0 radical (unpaired) electrons. The fourth-order valence-corrected chi connectivity index (χ4v) is 4.16. The zero-order chi connectivity index (χ0) is 14.5. The molecular weight excluding hydrogens is 262 g/mol. The third kappa shape index (κ3) is 4.43. The van der Waals surface area contributed by atoms with Crippen molar-refractivity contribution < 1.29 is 4.79 Å². The first kappa shape index (κ1) is 15.3. The number of amides is 1. The monoisotopic (exact) mass is 293 g/mol. The molecule has 0 unspecified atom stereocenters. The van der Waals surface area contributed by atoms with Crippen LogP contribution in [0.15, 0.2) is 0 Å². The molecule has 4 heteroatoms. The van der Waals surface area contributed by atoms with Gasteiger partial charge in [0.25, 0.3) is 0 Å². The van der Waals surface area contributed by atoms with E-state index in [0.717, 1.165) is 38.5 Å². The van der Waals surface area contributed by atoms with Gasteiger partial charge in [0.2, 0.25) is 5.91 Å². The minimum Gasteiger partial charge on any atom is -0.343 e. The Balaban J connectivity index is 1.37. The van der Waals surface area contributed by atoms with Gasteiger partial charge in [-0.05, 0) is 76.5 Å². The second-order valence-corrected chi connectivity index (χ2v) is 7.23. The Bertz CT molecular complexity index is 327. The third-order valence-corrected chi connectivity index (χ3v) is 5.60. The van der Waals surface area contributed by atoms with Crippen LogP contribution in [0.1, 0.15) is 44.9 Å². The van der Waals surface area contributed by atoms with Gasteiger partial charge in [0.05, 0.1) is 0 Å². The van der Waals surface area contributed by atoms with Crippen LogP contribution < -0.4 is 5.32 Å². The summed E-state index contributed by atoms with van der Waals surface area (Å²) in [7, 11) is 0. The normalized spacial score (nSPS) is 26.4. The number of rotatable bonds is 4. The Morgan fingerprint density at radius 3 is 2.24 bits per heavy atom. The number of hydrogen-bond acceptors (Lipinski definition) is 3. The van der Waals surface area contributed by atoms with Crippen molar-refractivity contribution in [1.29, 1.82) is 0 Å². The van der Waals surface area contributed by atoms with E-state index in [9.17, 15) is 4.79 Å². The molecule has 3 fully saturated rings. The van der Waals surface area contributed by atoms with Crippen molar-refractivity contribution in [3.8, 4) is 0 Å². The average Bonchev–Trinajstić information content (AvgIpc) is 3.02. The van der Waals surface area contributed by atoms with Gasteiger partial charge in [-0.1, -0.05) is 0 Å². The fourth-order valence-electron chi connectivity index (χ4n) is 4.16. The maximum atomic E-state index is 12.4.